The predicted octanol–water partition coefficient (Wildman–Crippen LogP) is 1.38. The summed E-state index contributed by atoms with van der Waals surface area (Å²) < 4.78 is 12.1. The van der Waals surface area contributed by atoms with Gasteiger partial charge < -0.3 is 5.32 Å². The standard InChI is InChI=1S/C7H12FN.ClH/c8-3-5-1-7-2-6(5)4-9-7;/h5-7,9H,1-4H2;1H/t5-,6-,7+;/m0./s1. The third-order valence-corrected chi connectivity index (χ3v) is 2.71. The minimum absolute atomic E-state index is 0. The first-order valence-corrected chi connectivity index (χ1v) is 3.69. The molecule has 3 heteroatoms. The molecule has 1 saturated heterocycles. The molecule has 1 nitrogen and oxygen atoms in total. The fraction of sp³-hybridized carbons (Fsp3) is 1.00. The van der Waals surface area contributed by atoms with E-state index in [0.29, 0.717) is 17.9 Å². The summed E-state index contributed by atoms with van der Waals surface area (Å²) in [5, 5.41) is 3.35. The number of halogens is 2. The number of hydrogen-bond acceptors (Lipinski definition) is 1. The Hall–Kier alpha value is 0.180. The van der Waals surface area contributed by atoms with Gasteiger partial charge >= 0.3 is 0 Å². The Balaban J connectivity index is 0.000000500. The summed E-state index contributed by atoms with van der Waals surface area (Å²) in [4.78, 5) is 0. The molecule has 60 valence electrons. The summed E-state index contributed by atoms with van der Waals surface area (Å²) in [5.74, 6) is 1.07. The van der Waals surface area contributed by atoms with Gasteiger partial charge in [0.2, 0.25) is 0 Å². The van der Waals surface area contributed by atoms with E-state index >= 15 is 0 Å². The minimum atomic E-state index is -0.0944. The first-order chi connectivity index (χ1) is 4.40. The highest BCUT2D eigenvalue weighted by molar-refractivity contribution is 5.85. The number of fused-ring (bicyclic) bond motifs is 2. The van der Waals surface area contributed by atoms with E-state index in [1.807, 2.05) is 0 Å². The van der Waals surface area contributed by atoms with Crippen molar-refractivity contribution in [2.75, 3.05) is 13.2 Å². The summed E-state index contributed by atoms with van der Waals surface area (Å²) in [5.41, 5.74) is 0. The van der Waals surface area contributed by atoms with E-state index in [4.69, 9.17) is 0 Å². The number of hydrogen-bond donors (Lipinski definition) is 1. The van der Waals surface area contributed by atoms with Crippen LogP contribution in [0, 0.1) is 11.8 Å². The fourth-order valence-electron chi connectivity index (χ4n) is 2.14. The molecule has 2 aliphatic rings. The van der Waals surface area contributed by atoms with Crippen molar-refractivity contribution in [2.24, 2.45) is 11.8 Å². The Morgan fingerprint density at radius 2 is 2.20 bits per heavy atom. The molecule has 1 N–H and O–H groups in total. The first kappa shape index (κ1) is 8.28. The van der Waals surface area contributed by atoms with Gasteiger partial charge in [0.25, 0.3) is 0 Å². The highest BCUT2D eigenvalue weighted by Crippen LogP contribution is 2.36. The molecule has 2 bridgehead atoms. The maximum absolute atomic E-state index is 12.1. The average Bonchev–Trinajstić information content (AvgIpc) is 2.45. The van der Waals surface area contributed by atoms with Crippen LogP contribution in [-0.4, -0.2) is 19.3 Å². The van der Waals surface area contributed by atoms with Crippen molar-refractivity contribution < 1.29 is 4.39 Å². The van der Waals surface area contributed by atoms with E-state index < -0.39 is 0 Å². The topological polar surface area (TPSA) is 12.0 Å². The second kappa shape index (κ2) is 3.05. The highest BCUT2D eigenvalue weighted by atomic mass is 35.5. The molecule has 2 rings (SSSR count). The smallest absolute Gasteiger partial charge is 0.0926 e. The average molecular weight is 166 g/mol. The lowest BCUT2D eigenvalue weighted by molar-refractivity contribution is 0.273. The van der Waals surface area contributed by atoms with Gasteiger partial charge in [0, 0.05) is 6.04 Å². The van der Waals surface area contributed by atoms with Gasteiger partial charge in [-0.2, -0.15) is 0 Å². The predicted molar refractivity (Wildman–Crippen MR) is 41.2 cm³/mol. The van der Waals surface area contributed by atoms with Crippen LogP contribution in [0.5, 0.6) is 0 Å². The molecule has 3 atom stereocenters. The molecule has 0 radical (unpaired) electrons. The van der Waals surface area contributed by atoms with E-state index in [1.54, 1.807) is 0 Å². The molecular formula is C7H13ClFN. The second-order valence-electron chi connectivity index (χ2n) is 3.25. The van der Waals surface area contributed by atoms with E-state index in [1.165, 1.54) is 6.42 Å². The molecule has 0 aromatic rings. The van der Waals surface area contributed by atoms with Crippen LogP contribution < -0.4 is 5.32 Å². The molecular weight excluding hydrogens is 153 g/mol. The van der Waals surface area contributed by atoms with Crippen LogP contribution in [0.1, 0.15) is 12.8 Å². The Morgan fingerprint density at radius 1 is 1.40 bits per heavy atom. The minimum Gasteiger partial charge on any atom is -0.314 e. The van der Waals surface area contributed by atoms with E-state index in [0.717, 1.165) is 13.0 Å². The molecule has 1 aliphatic heterocycles. The molecule has 1 saturated carbocycles. The van der Waals surface area contributed by atoms with E-state index in [-0.39, 0.29) is 19.1 Å². The highest BCUT2D eigenvalue weighted by Gasteiger charge is 2.38. The van der Waals surface area contributed by atoms with Gasteiger partial charge in [0.05, 0.1) is 6.67 Å². The number of rotatable bonds is 1. The van der Waals surface area contributed by atoms with Crippen LogP contribution in [0.4, 0.5) is 4.39 Å². The van der Waals surface area contributed by atoms with Gasteiger partial charge in [-0.25, -0.2) is 0 Å². The third-order valence-electron chi connectivity index (χ3n) is 2.71. The molecule has 0 aromatic carbocycles. The van der Waals surface area contributed by atoms with Crippen molar-refractivity contribution >= 4 is 12.4 Å². The van der Waals surface area contributed by atoms with Gasteiger partial charge in [-0.3, -0.25) is 4.39 Å². The Morgan fingerprint density at radius 3 is 2.50 bits per heavy atom. The molecule has 0 unspecified atom stereocenters. The first-order valence-electron chi connectivity index (χ1n) is 3.69. The molecule has 1 heterocycles. The fourth-order valence-corrected chi connectivity index (χ4v) is 2.14. The van der Waals surface area contributed by atoms with Crippen LogP contribution in [0.25, 0.3) is 0 Å². The number of nitrogens with one attached hydrogen (secondary N) is 1. The summed E-state index contributed by atoms with van der Waals surface area (Å²) in [6.45, 7) is 0.974. The zero-order valence-corrected chi connectivity index (χ0v) is 6.66. The van der Waals surface area contributed by atoms with Crippen LogP contribution in [0.15, 0.2) is 0 Å². The van der Waals surface area contributed by atoms with Crippen LogP contribution in [0.2, 0.25) is 0 Å². The maximum atomic E-state index is 12.1. The summed E-state index contributed by atoms with van der Waals surface area (Å²) in [7, 11) is 0. The van der Waals surface area contributed by atoms with Gasteiger partial charge in [-0.05, 0) is 31.2 Å². The van der Waals surface area contributed by atoms with Crippen molar-refractivity contribution in [1.29, 1.82) is 0 Å². The Kier molecular flexibility index (Phi) is 2.53. The zero-order chi connectivity index (χ0) is 6.27. The van der Waals surface area contributed by atoms with Gasteiger partial charge in [-0.15, -0.1) is 12.4 Å². The molecule has 0 amide bonds. The second-order valence-corrected chi connectivity index (χ2v) is 3.25. The van der Waals surface area contributed by atoms with Crippen molar-refractivity contribution in [3.63, 3.8) is 0 Å². The van der Waals surface area contributed by atoms with Crippen LogP contribution >= 0.6 is 12.4 Å². The lowest BCUT2D eigenvalue weighted by Gasteiger charge is -2.18. The van der Waals surface area contributed by atoms with E-state index in [2.05, 4.69) is 5.32 Å². The van der Waals surface area contributed by atoms with Crippen molar-refractivity contribution in [3.05, 3.63) is 0 Å². The van der Waals surface area contributed by atoms with Crippen LogP contribution in [-0.2, 0) is 0 Å². The van der Waals surface area contributed by atoms with Crippen LogP contribution in [0.3, 0.4) is 0 Å². The molecule has 2 fully saturated rings. The van der Waals surface area contributed by atoms with E-state index in [9.17, 15) is 4.39 Å². The maximum Gasteiger partial charge on any atom is 0.0926 e. The largest absolute Gasteiger partial charge is 0.314 e. The van der Waals surface area contributed by atoms with Gasteiger partial charge in [-0.1, -0.05) is 0 Å². The quantitative estimate of drug-likeness (QED) is 0.619. The molecule has 1 aliphatic carbocycles. The van der Waals surface area contributed by atoms with Crippen molar-refractivity contribution in [2.45, 2.75) is 18.9 Å². The number of alkyl halides is 1. The zero-order valence-electron chi connectivity index (χ0n) is 5.85. The molecule has 10 heavy (non-hydrogen) atoms. The monoisotopic (exact) mass is 165 g/mol. The lowest BCUT2D eigenvalue weighted by atomic mass is 9.97. The number of piperidine rings is 1. The van der Waals surface area contributed by atoms with Gasteiger partial charge in [0.15, 0.2) is 0 Å². The summed E-state index contributed by atoms with van der Waals surface area (Å²) in [6.07, 6.45) is 2.32. The molecule has 0 spiro atoms. The normalized spacial score (nSPS) is 43.5. The lowest BCUT2D eigenvalue weighted by Crippen LogP contribution is -2.30. The summed E-state index contributed by atoms with van der Waals surface area (Å²) in [6, 6.07) is 0.663. The Bertz CT molecular complexity index is 120. The Labute approximate surface area is 66.8 Å². The summed E-state index contributed by atoms with van der Waals surface area (Å²) >= 11 is 0. The molecule has 0 aromatic heterocycles. The third kappa shape index (κ3) is 1.15. The van der Waals surface area contributed by atoms with Gasteiger partial charge in [0.1, 0.15) is 0 Å². The van der Waals surface area contributed by atoms with Crippen molar-refractivity contribution in [3.8, 4) is 0 Å². The van der Waals surface area contributed by atoms with Crippen molar-refractivity contribution in [1.82, 2.24) is 5.32 Å². The SMILES string of the molecule is Cl.FC[C@@H]1C[C@@H]2C[C@H]1CN2.